The first-order valence-corrected chi connectivity index (χ1v) is 5.19. The zero-order valence-electron chi connectivity index (χ0n) is 10.4. The van der Waals surface area contributed by atoms with Crippen molar-refractivity contribution in [3.05, 3.63) is 5.32 Å². The molecule has 108 valence electrons. The van der Waals surface area contributed by atoms with Gasteiger partial charge in [0.25, 0.3) is 0 Å². The van der Waals surface area contributed by atoms with Crippen LogP contribution in [-0.4, -0.2) is 64.1 Å². The summed E-state index contributed by atoms with van der Waals surface area (Å²) in [5, 5.41) is 10.2. The third-order valence-corrected chi connectivity index (χ3v) is 2.27. The van der Waals surface area contributed by atoms with Crippen molar-refractivity contribution >= 4 is 0 Å². The Balaban J connectivity index is -0.000000245. The Labute approximate surface area is 143 Å². The Morgan fingerprint density at radius 1 is 1.06 bits per heavy atom. The van der Waals surface area contributed by atoms with Gasteiger partial charge in [-0.25, -0.2) is 0 Å². The van der Waals surface area contributed by atoms with E-state index >= 15 is 0 Å². The van der Waals surface area contributed by atoms with Crippen molar-refractivity contribution < 1.29 is 63.3 Å². The van der Waals surface area contributed by atoms with Crippen LogP contribution in [0.3, 0.4) is 0 Å². The molecule has 1 heterocycles. The monoisotopic (exact) mass is 356 g/mol. The normalized spacial score (nSPS) is 22.7. The predicted molar refractivity (Wildman–Crippen MR) is 56.4 cm³/mol. The summed E-state index contributed by atoms with van der Waals surface area (Å²) in [7, 11) is 2.04. The topological polar surface area (TPSA) is 41.4 Å². The van der Waals surface area contributed by atoms with Crippen molar-refractivity contribution in [2.45, 2.75) is 6.30 Å². The van der Waals surface area contributed by atoms with Gasteiger partial charge in [-0.15, -0.1) is 6.54 Å². The minimum atomic E-state index is -1.05. The average Bonchev–Trinajstić information content (AvgIpc) is 2.14. The summed E-state index contributed by atoms with van der Waals surface area (Å²) in [6.07, 6.45) is -1.05. The molecule has 1 unspecified atom stereocenters. The third kappa shape index (κ3) is 15.4. The number of alkyl halides is 1. The van der Waals surface area contributed by atoms with Crippen LogP contribution in [-0.2, 0) is 21.7 Å². The van der Waals surface area contributed by atoms with E-state index in [0.29, 0.717) is 13.1 Å². The minimum absolute atomic E-state index is 0. The minimum Gasteiger partial charge on any atom is -1.00 e. The maximum Gasteiger partial charge on any atom is 4.00 e. The van der Waals surface area contributed by atoms with E-state index in [4.69, 9.17) is 0 Å². The Hall–Kier alpha value is 1.35. The number of nitrogens with zero attached hydrogens (tertiary/aromatic N) is 2. The SMILES string of the molecule is CN1CC[N-]C(F)CNCCNCC1.[Cl-].[Cl-].[Cl-].[Ti+4]. The number of likely N-dealkylation sites (N-methyl/N-ethyl adjacent to an activating group) is 1. The molecule has 2 N–H and O–H groups in total. The molecule has 1 atom stereocenters. The van der Waals surface area contributed by atoms with Crippen LogP contribution in [0.2, 0.25) is 0 Å². The first-order valence-electron chi connectivity index (χ1n) is 5.19. The van der Waals surface area contributed by atoms with E-state index in [1.807, 2.05) is 7.05 Å². The van der Waals surface area contributed by atoms with Gasteiger partial charge in [-0.2, -0.15) is 0 Å². The Morgan fingerprint density at radius 2 is 1.67 bits per heavy atom. The molecule has 4 nitrogen and oxygen atoms in total. The maximum atomic E-state index is 13.0. The van der Waals surface area contributed by atoms with Crippen molar-refractivity contribution in [3.8, 4) is 0 Å². The zero-order chi connectivity index (χ0) is 10.2. The van der Waals surface area contributed by atoms with Gasteiger partial charge in [0.15, 0.2) is 0 Å². The van der Waals surface area contributed by atoms with Crippen molar-refractivity contribution in [2.75, 3.05) is 52.9 Å². The second-order valence-corrected chi connectivity index (χ2v) is 3.60. The fraction of sp³-hybridized carbons (Fsp3) is 1.00. The summed E-state index contributed by atoms with van der Waals surface area (Å²) in [4.78, 5) is 2.16. The molecule has 9 heteroatoms. The second-order valence-electron chi connectivity index (χ2n) is 3.60. The summed E-state index contributed by atoms with van der Waals surface area (Å²) in [5.41, 5.74) is 0. The molecular formula is C9H20Cl3FN4Ti. The van der Waals surface area contributed by atoms with Crippen LogP contribution >= 0.6 is 0 Å². The van der Waals surface area contributed by atoms with Crippen LogP contribution in [0.1, 0.15) is 0 Å². The maximum absolute atomic E-state index is 13.0. The molecule has 1 aliphatic rings. The van der Waals surface area contributed by atoms with E-state index in [0.717, 1.165) is 32.7 Å². The van der Waals surface area contributed by atoms with Gasteiger partial charge >= 0.3 is 21.7 Å². The molecule has 0 saturated carbocycles. The van der Waals surface area contributed by atoms with Gasteiger partial charge in [0.05, 0.1) is 0 Å². The Bertz CT molecular complexity index is 148. The van der Waals surface area contributed by atoms with Gasteiger partial charge in [0.2, 0.25) is 0 Å². The third-order valence-electron chi connectivity index (χ3n) is 2.27. The molecule has 0 aromatic heterocycles. The molecule has 0 aromatic carbocycles. The van der Waals surface area contributed by atoms with Gasteiger partial charge in [0, 0.05) is 39.0 Å². The van der Waals surface area contributed by atoms with Gasteiger partial charge in [-0.05, 0) is 13.6 Å². The van der Waals surface area contributed by atoms with Crippen LogP contribution in [0.4, 0.5) is 4.39 Å². The predicted octanol–water partition coefficient (Wildman–Crippen LogP) is -9.21. The quantitative estimate of drug-likeness (QED) is 0.334. The van der Waals surface area contributed by atoms with Crippen molar-refractivity contribution in [3.63, 3.8) is 0 Å². The second kappa shape index (κ2) is 18.4. The summed E-state index contributed by atoms with van der Waals surface area (Å²) in [5.74, 6) is 0. The molecule has 1 saturated heterocycles. The van der Waals surface area contributed by atoms with Crippen LogP contribution in [0, 0.1) is 0 Å². The molecule has 18 heavy (non-hydrogen) atoms. The van der Waals surface area contributed by atoms with E-state index in [1.54, 1.807) is 0 Å². The van der Waals surface area contributed by atoms with E-state index in [-0.39, 0.29) is 58.9 Å². The van der Waals surface area contributed by atoms with E-state index in [9.17, 15) is 4.39 Å². The smallest absolute Gasteiger partial charge is 1.00 e. The van der Waals surface area contributed by atoms with E-state index in [2.05, 4.69) is 20.9 Å². The van der Waals surface area contributed by atoms with Crippen LogP contribution in [0.25, 0.3) is 5.32 Å². The molecule has 0 spiro atoms. The largest absolute Gasteiger partial charge is 4.00 e. The molecule has 0 aliphatic carbocycles. The summed E-state index contributed by atoms with van der Waals surface area (Å²) in [6.45, 7) is 5.43. The number of hydrogen-bond acceptors (Lipinski definition) is 3. The van der Waals surface area contributed by atoms with E-state index in [1.165, 1.54) is 0 Å². The summed E-state index contributed by atoms with van der Waals surface area (Å²) in [6, 6.07) is 0. The number of rotatable bonds is 0. The molecule has 0 aromatic rings. The van der Waals surface area contributed by atoms with Crippen LogP contribution < -0.4 is 47.9 Å². The number of halogens is 4. The molecule has 1 fully saturated rings. The summed E-state index contributed by atoms with van der Waals surface area (Å²) >= 11 is 0. The van der Waals surface area contributed by atoms with Crippen molar-refractivity contribution in [1.29, 1.82) is 0 Å². The zero-order valence-corrected chi connectivity index (χ0v) is 14.3. The molecule has 0 bridgehead atoms. The van der Waals surface area contributed by atoms with Crippen LogP contribution in [0.5, 0.6) is 0 Å². The number of hydrogen-bond donors (Lipinski definition) is 2. The molecule has 0 radical (unpaired) electrons. The molecular weight excluding hydrogens is 337 g/mol. The Morgan fingerprint density at radius 3 is 2.33 bits per heavy atom. The first kappa shape index (κ1) is 27.7. The molecule has 1 aliphatic heterocycles. The van der Waals surface area contributed by atoms with Crippen molar-refractivity contribution in [1.82, 2.24) is 15.5 Å². The standard InChI is InChI=1S/C9H20FN4.3ClH.Ti/c1-14-6-4-11-2-3-12-8-9(10)13-5-7-14;;;;/h9,11-12H,2-8H2,1H3;3*1H;/q-1;;;;+4/p-3. The van der Waals surface area contributed by atoms with Gasteiger partial charge in [-0.3, -0.25) is 4.39 Å². The van der Waals surface area contributed by atoms with Gasteiger partial charge in [-0.1, -0.05) is 0 Å². The van der Waals surface area contributed by atoms with Crippen LogP contribution in [0.15, 0.2) is 0 Å². The van der Waals surface area contributed by atoms with Gasteiger partial charge < -0.3 is 58.1 Å². The average molecular weight is 358 g/mol. The fourth-order valence-electron chi connectivity index (χ4n) is 1.34. The molecule has 1 rings (SSSR count). The molecule has 0 amide bonds. The van der Waals surface area contributed by atoms with Crippen molar-refractivity contribution in [2.24, 2.45) is 0 Å². The number of nitrogens with one attached hydrogen (secondary N) is 2. The Kier molecular flexibility index (Phi) is 28.2. The van der Waals surface area contributed by atoms with Gasteiger partial charge in [0.1, 0.15) is 0 Å². The fourth-order valence-corrected chi connectivity index (χ4v) is 1.34. The summed E-state index contributed by atoms with van der Waals surface area (Å²) < 4.78 is 13.0. The van der Waals surface area contributed by atoms with E-state index < -0.39 is 6.30 Å². The first-order chi connectivity index (χ1) is 6.79.